The van der Waals surface area contributed by atoms with E-state index in [2.05, 4.69) is 25.8 Å². The molecule has 0 aliphatic carbocycles. The van der Waals surface area contributed by atoms with Gasteiger partial charge >= 0.3 is 0 Å². The Balaban J connectivity index is 1.77. The van der Waals surface area contributed by atoms with Crippen molar-refractivity contribution < 1.29 is 19.1 Å². The third-order valence-electron chi connectivity index (χ3n) is 4.74. The first-order valence-electron chi connectivity index (χ1n) is 10.4. The fourth-order valence-corrected chi connectivity index (χ4v) is 3.98. The summed E-state index contributed by atoms with van der Waals surface area (Å²) in [5, 5.41) is 13.3. The number of thioether (sulfide) groups is 1. The van der Waals surface area contributed by atoms with Crippen molar-refractivity contribution in [1.29, 1.82) is 0 Å². The van der Waals surface area contributed by atoms with Gasteiger partial charge in [-0.05, 0) is 24.6 Å². The second-order valence-corrected chi connectivity index (χ2v) is 8.30. The van der Waals surface area contributed by atoms with E-state index >= 15 is 0 Å². The molecule has 10 nitrogen and oxygen atoms in total. The summed E-state index contributed by atoms with van der Waals surface area (Å²) in [6.45, 7) is 3.24. The molecule has 1 atom stereocenters. The number of rotatable bonds is 9. The minimum atomic E-state index is -0.532. The van der Waals surface area contributed by atoms with E-state index < -0.39 is 10.8 Å². The van der Waals surface area contributed by atoms with Gasteiger partial charge in [-0.1, -0.05) is 36.9 Å². The number of H-pyrrole nitrogens is 1. The molecule has 0 radical (unpaired) electrons. The van der Waals surface area contributed by atoms with Crippen LogP contribution in [0.15, 0.2) is 52.4 Å². The van der Waals surface area contributed by atoms with Gasteiger partial charge < -0.3 is 20.1 Å². The summed E-state index contributed by atoms with van der Waals surface area (Å²) in [5.74, 6) is 0.513. The molecule has 3 aromatic rings. The van der Waals surface area contributed by atoms with Crippen molar-refractivity contribution in [2.24, 2.45) is 0 Å². The zero-order valence-electron chi connectivity index (χ0n) is 19.2. The van der Waals surface area contributed by atoms with Gasteiger partial charge in [0.2, 0.25) is 11.8 Å². The number of hydrogen-bond acceptors (Lipinski definition) is 8. The highest BCUT2D eigenvalue weighted by atomic mass is 32.2. The highest BCUT2D eigenvalue weighted by molar-refractivity contribution is 8.00. The predicted octanol–water partition coefficient (Wildman–Crippen LogP) is 3.32. The van der Waals surface area contributed by atoms with E-state index in [0.29, 0.717) is 34.9 Å². The number of aromatic amines is 1. The summed E-state index contributed by atoms with van der Waals surface area (Å²) in [7, 11) is 3.05. The lowest BCUT2D eigenvalue weighted by atomic mass is 10.1. The molecule has 2 aromatic carbocycles. The van der Waals surface area contributed by atoms with E-state index in [4.69, 9.17) is 9.47 Å². The Morgan fingerprint density at radius 3 is 2.44 bits per heavy atom. The molecule has 0 spiro atoms. The molecular formula is C23H25N5O5S. The van der Waals surface area contributed by atoms with Crippen LogP contribution in [0.2, 0.25) is 0 Å². The van der Waals surface area contributed by atoms with E-state index in [9.17, 15) is 14.4 Å². The van der Waals surface area contributed by atoms with Gasteiger partial charge in [0.15, 0.2) is 22.3 Å². The number of benzene rings is 2. The average Bonchev–Trinajstić information content (AvgIpc) is 2.82. The molecule has 3 N–H and O–H groups in total. The number of hydrogen-bond donors (Lipinski definition) is 3. The maximum absolute atomic E-state index is 12.8. The topological polar surface area (TPSA) is 135 Å². The summed E-state index contributed by atoms with van der Waals surface area (Å²) in [5.41, 5.74) is 1.03. The van der Waals surface area contributed by atoms with E-state index in [-0.39, 0.29) is 22.7 Å². The number of para-hydroxylation sites is 1. The monoisotopic (exact) mass is 483 g/mol. The van der Waals surface area contributed by atoms with Crippen molar-refractivity contribution >= 4 is 35.0 Å². The van der Waals surface area contributed by atoms with Gasteiger partial charge in [0.1, 0.15) is 0 Å². The van der Waals surface area contributed by atoms with Crippen LogP contribution in [0.5, 0.6) is 11.5 Å². The summed E-state index contributed by atoms with van der Waals surface area (Å²) in [4.78, 5) is 39.7. The quantitative estimate of drug-likeness (QED) is 0.395. The lowest BCUT2D eigenvalue weighted by Gasteiger charge is -2.15. The van der Waals surface area contributed by atoms with Gasteiger partial charge in [-0.2, -0.15) is 0 Å². The first kappa shape index (κ1) is 24.8. The lowest BCUT2D eigenvalue weighted by Crippen LogP contribution is -2.25. The maximum atomic E-state index is 12.8. The maximum Gasteiger partial charge on any atom is 0.278 e. The lowest BCUT2D eigenvalue weighted by molar-refractivity contribution is -0.116. The molecule has 3 rings (SSSR count). The smallest absolute Gasteiger partial charge is 0.278 e. The van der Waals surface area contributed by atoms with Crippen molar-refractivity contribution in [3.8, 4) is 22.8 Å². The number of carbonyl (C=O) groups excluding carboxylic acids is 2. The third kappa shape index (κ3) is 5.93. The molecule has 2 amide bonds. The van der Waals surface area contributed by atoms with Crippen molar-refractivity contribution in [2.45, 2.75) is 30.7 Å². The molecule has 0 saturated heterocycles. The van der Waals surface area contributed by atoms with Gasteiger partial charge in [-0.25, -0.2) is 0 Å². The van der Waals surface area contributed by atoms with Gasteiger partial charge in [-0.3, -0.25) is 19.4 Å². The van der Waals surface area contributed by atoms with E-state index in [1.807, 2.05) is 6.92 Å². The van der Waals surface area contributed by atoms with Crippen molar-refractivity contribution in [1.82, 2.24) is 15.2 Å². The Morgan fingerprint density at radius 1 is 1.06 bits per heavy atom. The predicted molar refractivity (Wildman–Crippen MR) is 131 cm³/mol. The first-order valence-corrected chi connectivity index (χ1v) is 11.3. The van der Waals surface area contributed by atoms with Gasteiger partial charge in [0, 0.05) is 24.2 Å². The zero-order valence-corrected chi connectivity index (χ0v) is 20.0. The molecule has 178 valence electrons. The van der Waals surface area contributed by atoms with Gasteiger partial charge in [-0.15, -0.1) is 10.2 Å². The normalized spacial score (nSPS) is 11.4. The second kappa shape index (κ2) is 11.3. The summed E-state index contributed by atoms with van der Waals surface area (Å²) >= 11 is 1.10. The van der Waals surface area contributed by atoms with Crippen molar-refractivity contribution in [2.75, 3.05) is 24.9 Å². The summed E-state index contributed by atoms with van der Waals surface area (Å²) in [6, 6.07) is 11.9. The number of aromatic nitrogens is 3. The van der Waals surface area contributed by atoms with Gasteiger partial charge in [0.25, 0.3) is 5.56 Å². The molecule has 0 saturated carbocycles. The minimum Gasteiger partial charge on any atom is -0.493 e. The molecule has 0 aliphatic heterocycles. The molecular weight excluding hydrogens is 458 g/mol. The number of carbonyl (C=O) groups is 2. The molecule has 0 bridgehead atoms. The van der Waals surface area contributed by atoms with Crippen LogP contribution in [0.3, 0.4) is 0 Å². The zero-order chi connectivity index (χ0) is 24.7. The molecule has 1 heterocycles. The van der Waals surface area contributed by atoms with Crippen LogP contribution in [0.25, 0.3) is 11.3 Å². The Morgan fingerprint density at radius 2 is 1.79 bits per heavy atom. The average molecular weight is 484 g/mol. The van der Waals surface area contributed by atoms with E-state index in [1.165, 1.54) is 21.1 Å². The van der Waals surface area contributed by atoms with E-state index in [1.54, 1.807) is 42.5 Å². The molecule has 34 heavy (non-hydrogen) atoms. The molecule has 11 heteroatoms. The molecule has 0 aliphatic rings. The number of ether oxygens (including phenoxy) is 2. The fraction of sp³-hybridized carbons (Fsp3) is 0.261. The highest BCUT2D eigenvalue weighted by Gasteiger charge is 2.21. The standard InChI is InChI=1S/C23H25N5O5S/c1-5-19(21(30)25-14-10-11-17(32-3)18(12-14)33-4)34-23-26-22(31)20(27-28-23)15-8-6-7-9-16(15)24-13(2)29/h6-12,19H,5H2,1-4H3,(H,24,29)(H,25,30)(H,26,28,31)/t19-/m1/s1. The third-order valence-corrected chi connectivity index (χ3v) is 5.98. The number of anilines is 2. The number of nitrogens with zero attached hydrogens (tertiary/aromatic N) is 2. The Bertz CT molecular complexity index is 1250. The Hall–Kier alpha value is -3.86. The van der Waals surface area contributed by atoms with Crippen LogP contribution in [0.4, 0.5) is 11.4 Å². The summed E-state index contributed by atoms with van der Waals surface area (Å²) in [6.07, 6.45) is 0.487. The SMILES string of the molecule is CC[C@@H](Sc1nnc(-c2ccccc2NC(C)=O)c(=O)[nH]1)C(=O)Nc1ccc(OC)c(OC)c1. The molecule has 0 unspecified atom stereocenters. The number of nitrogens with one attached hydrogen (secondary N) is 3. The largest absolute Gasteiger partial charge is 0.493 e. The van der Waals surface area contributed by atoms with Crippen molar-refractivity contribution in [3.05, 3.63) is 52.8 Å². The number of amides is 2. The molecule has 0 fully saturated rings. The Kier molecular flexibility index (Phi) is 8.25. The second-order valence-electron chi connectivity index (χ2n) is 7.11. The van der Waals surface area contributed by atoms with Crippen molar-refractivity contribution in [3.63, 3.8) is 0 Å². The van der Waals surface area contributed by atoms with Crippen LogP contribution in [0.1, 0.15) is 20.3 Å². The van der Waals surface area contributed by atoms with Crippen LogP contribution in [-0.4, -0.2) is 46.5 Å². The highest BCUT2D eigenvalue weighted by Crippen LogP contribution is 2.31. The van der Waals surface area contributed by atoms with Crippen LogP contribution in [0, 0.1) is 0 Å². The van der Waals surface area contributed by atoms with Crippen LogP contribution >= 0.6 is 11.8 Å². The Labute approximate surface area is 200 Å². The van der Waals surface area contributed by atoms with Crippen LogP contribution < -0.4 is 25.7 Å². The molecule has 1 aromatic heterocycles. The summed E-state index contributed by atoms with van der Waals surface area (Å²) < 4.78 is 10.5. The first-order chi connectivity index (χ1) is 16.4. The number of methoxy groups -OCH3 is 2. The fourth-order valence-electron chi connectivity index (χ4n) is 3.13. The van der Waals surface area contributed by atoms with Crippen LogP contribution in [-0.2, 0) is 9.59 Å². The van der Waals surface area contributed by atoms with Gasteiger partial charge in [0.05, 0.1) is 25.2 Å². The minimum absolute atomic E-state index is 0.0662. The van der Waals surface area contributed by atoms with E-state index in [0.717, 1.165) is 11.8 Å².